The molecule has 0 unspecified atom stereocenters. The molecule has 31 heavy (non-hydrogen) atoms. The van der Waals surface area contributed by atoms with Gasteiger partial charge in [0.15, 0.2) is 0 Å². The van der Waals surface area contributed by atoms with Crippen molar-refractivity contribution in [3.05, 3.63) is 42.2 Å². The Hall–Kier alpha value is -2.70. The number of nitriles is 1. The van der Waals surface area contributed by atoms with Gasteiger partial charge < -0.3 is 10.2 Å². The fourth-order valence-electron chi connectivity index (χ4n) is 3.99. The number of anilines is 2. The zero-order chi connectivity index (χ0) is 22.6. The first-order valence-corrected chi connectivity index (χ1v) is 12.0. The second kappa shape index (κ2) is 9.62. The third-order valence-electron chi connectivity index (χ3n) is 5.38. The molecule has 0 saturated carbocycles. The highest BCUT2D eigenvalue weighted by Gasteiger charge is 2.29. The third kappa shape index (κ3) is 5.32. The molecular weight excluding hydrogens is 412 g/mol. The number of hydrogen-bond acceptors (Lipinski definition) is 7. The molecule has 166 valence electrons. The van der Waals surface area contributed by atoms with Crippen molar-refractivity contribution in [2.75, 3.05) is 23.3 Å². The first-order valence-electron chi connectivity index (χ1n) is 10.6. The molecule has 0 atom stereocenters. The minimum atomic E-state index is -3.58. The van der Waals surface area contributed by atoms with Gasteiger partial charge in [-0.15, -0.1) is 0 Å². The molecule has 1 aliphatic heterocycles. The van der Waals surface area contributed by atoms with E-state index in [-0.39, 0.29) is 23.0 Å². The van der Waals surface area contributed by atoms with E-state index in [1.54, 1.807) is 24.4 Å². The van der Waals surface area contributed by atoms with Crippen molar-refractivity contribution in [3.63, 3.8) is 0 Å². The molecule has 0 radical (unpaired) electrons. The van der Waals surface area contributed by atoms with E-state index in [1.165, 1.54) is 10.5 Å². The maximum atomic E-state index is 13.0. The molecule has 2 aromatic rings. The minimum Gasteiger partial charge on any atom is -0.367 e. The average molecular weight is 443 g/mol. The fraction of sp³-hybridized carbons (Fsp3) is 0.500. The minimum absolute atomic E-state index is 0.126. The molecule has 9 heteroatoms. The van der Waals surface area contributed by atoms with Crippen molar-refractivity contribution in [1.82, 2.24) is 14.3 Å². The van der Waals surface area contributed by atoms with E-state index >= 15 is 0 Å². The van der Waals surface area contributed by atoms with Gasteiger partial charge in [-0.1, -0.05) is 0 Å². The maximum absolute atomic E-state index is 13.0. The lowest BCUT2D eigenvalue weighted by atomic mass is 10.0. The molecule has 0 spiro atoms. The summed E-state index contributed by atoms with van der Waals surface area (Å²) in [6.07, 6.45) is 4.86. The van der Waals surface area contributed by atoms with E-state index in [4.69, 9.17) is 5.26 Å². The van der Waals surface area contributed by atoms with Gasteiger partial charge in [0, 0.05) is 43.6 Å². The topological polar surface area (TPSA) is 102 Å². The van der Waals surface area contributed by atoms with Crippen molar-refractivity contribution in [2.45, 2.75) is 63.6 Å². The summed E-state index contributed by atoms with van der Waals surface area (Å²) in [4.78, 5) is 11.1. The van der Waals surface area contributed by atoms with E-state index in [0.717, 1.165) is 31.7 Å². The van der Waals surface area contributed by atoms with Crippen LogP contribution in [0.25, 0.3) is 0 Å². The van der Waals surface area contributed by atoms with Gasteiger partial charge in [0.25, 0.3) is 0 Å². The van der Waals surface area contributed by atoms with Crippen LogP contribution >= 0.6 is 0 Å². The molecule has 1 fully saturated rings. The summed E-state index contributed by atoms with van der Waals surface area (Å²) in [6, 6.07) is 9.11. The second-order valence-corrected chi connectivity index (χ2v) is 10.2. The Morgan fingerprint density at radius 1 is 1.06 bits per heavy atom. The number of pyridine rings is 2. The second-order valence-electron chi connectivity index (χ2n) is 8.32. The van der Waals surface area contributed by atoms with Crippen molar-refractivity contribution in [3.8, 4) is 6.07 Å². The number of sulfonamides is 1. The highest BCUT2D eigenvalue weighted by Crippen LogP contribution is 2.23. The number of nitrogens with one attached hydrogen (secondary N) is 1. The van der Waals surface area contributed by atoms with Gasteiger partial charge in [0.05, 0.1) is 5.56 Å². The van der Waals surface area contributed by atoms with Crippen molar-refractivity contribution in [1.29, 1.82) is 5.26 Å². The molecule has 1 N–H and O–H groups in total. The molecule has 0 amide bonds. The van der Waals surface area contributed by atoms with Gasteiger partial charge in [-0.2, -0.15) is 9.57 Å². The Bertz CT molecular complexity index is 997. The molecule has 0 aromatic carbocycles. The largest absolute Gasteiger partial charge is 0.367 e. The number of rotatable bonds is 7. The first-order chi connectivity index (χ1) is 14.7. The maximum Gasteiger partial charge on any atom is 0.245 e. The molecule has 0 aliphatic carbocycles. The molecule has 1 saturated heterocycles. The Kier molecular flexibility index (Phi) is 7.13. The summed E-state index contributed by atoms with van der Waals surface area (Å²) in [5, 5.41) is 12.3. The van der Waals surface area contributed by atoms with Gasteiger partial charge in [0.1, 0.15) is 22.6 Å². The summed E-state index contributed by atoms with van der Waals surface area (Å²) in [5.74, 6) is 1.56. The lowest BCUT2D eigenvalue weighted by molar-refractivity contribution is 0.302. The molecule has 1 aliphatic rings. The van der Waals surface area contributed by atoms with Crippen LogP contribution in [0.5, 0.6) is 0 Å². The van der Waals surface area contributed by atoms with Crippen LogP contribution in [0.15, 0.2) is 41.6 Å². The summed E-state index contributed by atoms with van der Waals surface area (Å²) in [5.41, 5.74) is 0.557. The Morgan fingerprint density at radius 2 is 1.74 bits per heavy atom. The Balaban J connectivity index is 1.60. The molecule has 8 nitrogen and oxygen atoms in total. The zero-order valence-electron chi connectivity index (χ0n) is 18.5. The average Bonchev–Trinajstić information content (AvgIpc) is 2.74. The first kappa shape index (κ1) is 23.0. The SMILES string of the molecule is CC(C)N(C(C)C)S(=O)(=O)c1ccc(NC2CCN(c3ccc(C#N)cn3)CC2)nc1. The molecular formula is C22H30N6O2S. The molecule has 0 bridgehead atoms. The van der Waals surface area contributed by atoms with Gasteiger partial charge in [-0.3, -0.25) is 0 Å². The van der Waals surface area contributed by atoms with Crippen LogP contribution < -0.4 is 10.2 Å². The third-order valence-corrected chi connectivity index (χ3v) is 7.61. The van der Waals surface area contributed by atoms with Crippen LogP contribution in [0.1, 0.15) is 46.1 Å². The number of hydrogen-bond donors (Lipinski definition) is 1. The normalized spacial score (nSPS) is 15.5. The lowest BCUT2D eigenvalue weighted by Gasteiger charge is -2.33. The summed E-state index contributed by atoms with van der Waals surface area (Å²) >= 11 is 0. The number of aromatic nitrogens is 2. The summed E-state index contributed by atoms with van der Waals surface area (Å²) < 4.78 is 27.4. The molecule has 3 heterocycles. The van der Waals surface area contributed by atoms with Crippen molar-refractivity contribution >= 4 is 21.7 Å². The van der Waals surface area contributed by atoms with Gasteiger partial charge in [-0.05, 0) is 64.8 Å². The van der Waals surface area contributed by atoms with E-state index in [9.17, 15) is 8.42 Å². The van der Waals surface area contributed by atoms with Gasteiger partial charge in [0.2, 0.25) is 10.0 Å². The predicted molar refractivity (Wildman–Crippen MR) is 121 cm³/mol. The highest BCUT2D eigenvalue weighted by molar-refractivity contribution is 7.89. The van der Waals surface area contributed by atoms with E-state index in [1.807, 2.05) is 33.8 Å². The van der Waals surface area contributed by atoms with Crippen molar-refractivity contribution < 1.29 is 8.42 Å². The zero-order valence-corrected chi connectivity index (χ0v) is 19.3. The fourth-order valence-corrected chi connectivity index (χ4v) is 5.77. The standard InChI is InChI=1S/C22H30N6O2S/c1-16(2)28(17(3)4)31(29,30)20-6-7-21(24-15-20)26-19-9-11-27(12-10-19)22-8-5-18(13-23)14-25-22/h5-8,14-17,19H,9-12H2,1-4H3,(H,24,26). The van der Waals surface area contributed by atoms with Crippen LogP contribution in [0.4, 0.5) is 11.6 Å². The van der Waals surface area contributed by atoms with E-state index < -0.39 is 10.0 Å². The van der Waals surface area contributed by atoms with Crippen LogP contribution in [0, 0.1) is 11.3 Å². The smallest absolute Gasteiger partial charge is 0.245 e. The van der Waals surface area contributed by atoms with Gasteiger partial charge >= 0.3 is 0 Å². The number of nitrogens with zero attached hydrogens (tertiary/aromatic N) is 5. The van der Waals surface area contributed by atoms with Crippen LogP contribution in [-0.4, -0.2) is 53.9 Å². The predicted octanol–water partition coefficient (Wildman–Crippen LogP) is 3.24. The Morgan fingerprint density at radius 3 is 2.23 bits per heavy atom. The van der Waals surface area contributed by atoms with Crippen molar-refractivity contribution in [2.24, 2.45) is 0 Å². The quantitative estimate of drug-likeness (QED) is 0.702. The van der Waals surface area contributed by atoms with E-state index in [2.05, 4.69) is 26.3 Å². The van der Waals surface area contributed by atoms with Crippen LogP contribution in [-0.2, 0) is 10.0 Å². The summed E-state index contributed by atoms with van der Waals surface area (Å²) in [6.45, 7) is 9.20. The monoisotopic (exact) mass is 442 g/mol. The van der Waals surface area contributed by atoms with Crippen LogP contribution in [0.2, 0.25) is 0 Å². The van der Waals surface area contributed by atoms with E-state index in [0.29, 0.717) is 11.4 Å². The molecule has 2 aromatic heterocycles. The molecule has 3 rings (SSSR count). The number of piperidine rings is 1. The lowest BCUT2D eigenvalue weighted by Crippen LogP contribution is -2.42. The van der Waals surface area contributed by atoms with Crippen LogP contribution in [0.3, 0.4) is 0 Å². The highest BCUT2D eigenvalue weighted by atomic mass is 32.2. The van der Waals surface area contributed by atoms with Gasteiger partial charge in [-0.25, -0.2) is 18.4 Å². The summed E-state index contributed by atoms with van der Waals surface area (Å²) in [7, 11) is -3.58. The Labute approximate surface area is 185 Å².